The normalized spacial score (nSPS) is 20.1. The Labute approximate surface area is 279 Å². The molecule has 2 heterocycles. The van der Waals surface area contributed by atoms with E-state index in [0.29, 0.717) is 62.9 Å². The Morgan fingerprint density at radius 1 is 0.918 bits per heavy atom. The van der Waals surface area contributed by atoms with Gasteiger partial charge in [0.15, 0.2) is 0 Å². The highest BCUT2D eigenvalue weighted by atomic mass is 19.4. The Kier molecular flexibility index (Phi) is 12.5. The first-order valence-corrected chi connectivity index (χ1v) is 16.1. The second kappa shape index (κ2) is 16.2. The molecule has 16 heteroatoms. The standard InChI is InChI=1S/C33H40F7N5O4/c1-42-13-5-3-7-27-30(47)43(18-21-8-10-25(34)11-9-21)19-28-44(26(6-2-4-12-41)17-29(46)45(27)28)31(48)49-20-22-14-23(32(35,36)37)16-24(15-22)33(38,39)40/h8-11,14-16,26-28,42H,2-7,12-13,17-20,41H2,1H3/t26?,27-,28?/m0/s1. The number of unbranched alkanes of at least 4 members (excludes halogenated alkanes) is 2. The number of nitrogens with one attached hydrogen (secondary N) is 1. The van der Waals surface area contributed by atoms with Crippen molar-refractivity contribution >= 4 is 17.9 Å². The third-order valence-corrected chi connectivity index (χ3v) is 8.70. The van der Waals surface area contributed by atoms with Crippen LogP contribution in [0, 0.1) is 5.82 Å². The SMILES string of the molecule is CNCCCC[C@H]1C(=O)N(Cc2ccc(F)cc2)CC2N(C(=O)OCc3cc(C(F)(F)F)cc(C(F)(F)F)c3)C(CCCCN)CC(=O)N21. The van der Waals surface area contributed by atoms with Crippen molar-refractivity contribution in [3.8, 4) is 0 Å². The van der Waals surface area contributed by atoms with Crippen molar-refractivity contribution in [1.29, 1.82) is 0 Å². The Morgan fingerprint density at radius 2 is 1.55 bits per heavy atom. The van der Waals surface area contributed by atoms with Crippen LogP contribution in [0.5, 0.6) is 0 Å². The molecule has 0 radical (unpaired) electrons. The third kappa shape index (κ3) is 9.62. The van der Waals surface area contributed by atoms with Crippen LogP contribution in [0.2, 0.25) is 0 Å². The van der Waals surface area contributed by atoms with Crippen LogP contribution in [0.1, 0.15) is 67.2 Å². The number of hydrogen-bond acceptors (Lipinski definition) is 6. The lowest BCUT2D eigenvalue weighted by Crippen LogP contribution is -2.73. The molecular weight excluding hydrogens is 663 g/mol. The molecule has 3 amide bonds. The zero-order chi connectivity index (χ0) is 35.9. The minimum absolute atomic E-state index is 0.0155. The molecule has 0 bridgehead atoms. The van der Waals surface area contributed by atoms with Crippen LogP contribution in [0.25, 0.3) is 0 Å². The second-order valence-corrected chi connectivity index (χ2v) is 12.3. The van der Waals surface area contributed by atoms with Gasteiger partial charge < -0.3 is 25.6 Å². The summed E-state index contributed by atoms with van der Waals surface area (Å²) in [5.41, 5.74) is 2.63. The van der Waals surface area contributed by atoms with Gasteiger partial charge in [-0.2, -0.15) is 26.3 Å². The van der Waals surface area contributed by atoms with E-state index in [2.05, 4.69) is 5.32 Å². The fraction of sp³-hybridized carbons (Fsp3) is 0.545. The van der Waals surface area contributed by atoms with Gasteiger partial charge in [0.25, 0.3) is 0 Å². The topological polar surface area (TPSA) is 108 Å². The second-order valence-electron chi connectivity index (χ2n) is 12.3. The quantitative estimate of drug-likeness (QED) is 0.206. The molecule has 4 rings (SSSR count). The third-order valence-electron chi connectivity index (χ3n) is 8.70. The lowest BCUT2D eigenvalue weighted by molar-refractivity contribution is -0.173. The first-order valence-electron chi connectivity index (χ1n) is 16.1. The largest absolute Gasteiger partial charge is 0.444 e. The lowest BCUT2D eigenvalue weighted by Gasteiger charge is -2.54. The summed E-state index contributed by atoms with van der Waals surface area (Å²) in [5.74, 6) is -1.21. The average Bonchev–Trinajstić information content (AvgIpc) is 3.03. The highest BCUT2D eigenvalue weighted by molar-refractivity contribution is 5.91. The van der Waals surface area contributed by atoms with Gasteiger partial charge in [-0.25, -0.2) is 9.18 Å². The van der Waals surface area contributed by atoms with Gasteiger partial charge in [0.1, 0.15) is 24.6 Å². The van der Waals surface area contributed by atoms with E-state index in [9.17, 15) is 45.1 Å². The monoisotopic (exact) mass is 703 g/mol. The van der Waals surface area contributed by atoms with Gasteiger partial charge in [-0.1, -0.05) is 18.6 Å². The molecule has 3 atom stereocenters. The molecular formula is C33H40F7N5O4. The maximum Gasteiger partial charge on any atom is 0.416 e. The molecule has 0 saturated carbocycles. The molecule has 2 aromatic rings. The smallest absolute Gasteiger partial charge is 0.416 e. The number of carbonyl (C=O) groups excluding carboxylic acids is 3. The van der Waals surface area contributed by atoms with E-state index in [1.54, 1.807) is 7.05 Å². The van der Waals surface area contributed by atoms with Crippen LogP contribution in [-0.2, 0) is 39.8 Å². The molecule has 0 aromatic heterocycles. The predicted molar refractivity (Wildman–Crippen MR) is 164 cm³/mol. The first-order chi connectivity index (χ1) is 23.1. The van der Waals surface area contributed by atoms with Gasteiger partial charge in [0.2, 0.25) is 11.8 Å². The fourth-order valence-electron chi connectivity index (χ4n) is 6.34. The first kappa shape index (κ1) is 37.9. The summed E-state index contributed by atoms with van der Waals surface area (Å²) in [6.07, 6.45) is -9.55. The number of ether oxygens (including phenoxy) is 1. The zero-order valence-electron chi connectivity index (χ0n) is 27.0. The lowest BCUT2D eigenvalue weighted by atomic mass is 9.94. The number of rotatable bonds is 13. The molecule has 49 heavy (non-hydrogen) atoms. The molecule has 0 spiro atoms. The molecule has 2 aromatic carbocycles. The van der Waals surface area contributed by atoms with Gasteiger partial charge in [0.05, 0.1) is 17.7 Å². The number of alkyl halides is 6. The maximum absolute atomic E-state index is 13.9. The van der Waals surface area contributed by atoms with Gasteiger partial charge in [-0.05, 0) is 93.7 Å². The highest BCUT2D eigenvalue weighted by Crippen LogP contribution is 2.37. The maximum atomic E-state index is 13.9. The molecule has 0 aliphatic carbocycles. The van der Waals surface area contributed by atoms with Gasteiger partial charge in [-0.15, -0.1) is 0 Å². The van der Waals surface area contributed by atoms with Crippen molar-refractivity contribution < 1.29 is 49.9 Å². The van der Waals surface area contributed by atoms with Crippen molar-refractivity contribution in [2.75, 3.05) is 26.7 Å². The Balaban J connectivity index is 1.68. The molecule has 2 saturated heterocycles. The van der Waals surface area contributed by atoms with Crippen LogP contribution in [-0.4, -0.2) is 77.5 Å². The predicted octanol–water partition coefficient (Wildman–Crippen LogP) is 5.66. The van der Waals surface area contributed by atoms with Crippen molar-refractivity contribution in [2.24, 2.45) is 5.73 Å². The number of nitrogens with zero attached hydrogens (tertiary/aromatic N) is 3. The number of nitrogens with two attached hydrogens (primary N) is 1. The van der Waals surface area contributed by atoms with E-state index in [-0.39, 0.29) is 43.8 Å². The molecule has 2 aliphatic heterocycles. The van der Waals surface area contributed by atoms with Crippen molar-refractivity contribution in [3.05, 3.63) is 70.5 Å². The molecule has 3 N–H and O–H groups in total. The summed E-state index contributed by atoms with van der Waals surface area (Å²) < 4.78 is 99.9. The van der Waals surface area contributed by atoms with Crippen LogP contribution < -0.4 is 11.1 Å². The average molecular weight is 704 g/mol. The summed E-state index contributed by atoms with van der Waals surface area (Å²) in [4.78, 5) is 45.6. The summed E-state index contributed by atoms with van der Waals surface area (Å²) in [6.45, 7) is -0.0313. The van der Waals surface area contributed by atoms with E-state index in [1.165, 1.54) is 39.0 Å². The van der Waals surface area contributed by atoms with Gasteiger partial charge in [0, 0.05) is 19.0 Å². The summed E-state index contributed by atoms with van der Waals surface area (Å²) >= 11 is 0. The van der Waals surface area contributed by atoms with E-state index in [1.807, 2.05) is 0 Å². The highest BCUT2D eigenvalue weighted by Gasteiger charge is 2.52. The molecule has 2 fully saturated rings. The minimum atomic E-state index is -5.09. The van der Waals surface area contributed by atoms with E-state index in [4.69, 9.17) is 10.5 Å². The van der Waals surface area contributed by atoms with E-state index >= 15 is 0 Å². The number of hydrogen-bond donors (Lipinski definition) is 2. The summed E-state index contributed by atoms with van der Waals surface area (Å²) in [5, 5.41) is 3.02. The van der Waals surface area contributed by atoms with Gasteiger partial charge >= 0.3 is 18.4 Å². The zero-order valence-corrected chi connectivity index (χ0v) is 27.0. The molecule has 9 nitrogen and oxygen atoms in total. The molecule has 2 unspecified atom stereocenters. The van der Waals surface area contributed by atoms with Crippen molar-refractivity contribution in [2.45, 2.75) is 88.7 Å². The minimum Gasteiger partial charge on any atom is -0.444 e. The van der Waals surface area contributed by atoms with Crippen LogP contribution >= 0.6 is 0 Å². The van der Waals surface area contributed by atoms with Crippen molar-refractivity contribution in [1.82, 2.24) is 20.0 Å². The summed E-state index contributed by atoms with van der Waals surface area (Å²) in [6, 6.07) is 4.75. The van der Waals surface area contributed by atoms with E-state index in [0.717, 1.165) is 0 Å². The number of carbonyl (C=O) groups is 3. The van der Waals surface area contributed by atoms with Crippen LogP contribution in [0.15, 0.2) is 42.5 Å². The number of fused-ring (bicyclic) bond motifs is 1. The van der Waals surface area contributed by atoms with Crippen molar-refractivity contribution in [3.63, 3.8) is 0 Å². The Bertz CT molecular complexity index is 1420. The molecule has 2 aliphatic rings. The van der Waals surface area contributed by atoms with E-state index < -0.39 is 65.8 Å². The molecule has 270 valence electrons. The number of halogens is 7. The fourth-order valence-corrected chi connectivity index (χ4v) is 6.34. The number of amides is 3. The van der Waals surface area contributed by atoms with Gasteiger partial charge in [-0.3, -0.25) is 14.5 Å². The number of piperazine rings is 1. The van der Waals surface area contributed by atoms with Crippen LogP contribution in [0.4, 0.5) is 35.5 Å². The Hall–Kier alpha value is -3.92. The summed E-state index contributed by atoms with van der Waals surface area (Å²) in [7, 11) is 1.78. The number of benzene rings is 2. The Morgan fingerprint density at radius 3 is 2.14 bits per heavy atom. The van der Waals surface area contributed by atoms with Crippen LogP contribution in [0.3, 0.4) is 0 Å².